The van der Waals surface area contributed by atoms with E-state index < -0.39 is 0 Å². The number of thioether (sulfide) groups is 1. The quantitative estimate of drug-likeness (QED) is 0.874. The molecule has 1 heterocycles. The van der Waals surface area contributed by atoms with Crippen LogP contribution >= 0.6 is 11.8 Å². The lowest BCUT2D eigenvalue weighted by Crippen LogP contribution is -2.44. The van der Waals surface area contributed by atoms with E-state index in [4.69, 9.17) is 0 Å². The Balaban J connectivity index is 2.10. The first-order valence-corrected chi connectivity index (χ1v) is 8.29. The van der Waals surface area contributed by atoms with Gasteiger partial charge in [-0.3, -0.25) is 9.59 Å². The molecule has 0 unspecified atom stereocenters. The van der Waals surface area contributed by atoms with Crippen molar-refractivity contribution < 1.29 is 9.59 Å². The predicted molar refractivity (Wildman–Crippen MR) is 86.6 cm³/mol. The van der Waals surface area contributed by atoms with Crippen molar-refractivity contribution in [3.8, 4) is 0 Å². The number of hydrogen-bond donors (Lipinski definition) is 1. The van der Waals surface area contributed by atoms with Crippen molar-refractivity contribution in [2.24, 2.45) is 5.92 Å². The highest BCUT2D eigenvalue weighted by atomic mass is 32.2. The van der Waals surface area contributed by atoms with Gasteiger partial charge in [-0.15, -0.1) is 11.8 Å². The number of carbonyl (C=O) groups is 2. The van der Waals surface area contributed by atoms with Crippen molar-refractivity contribution in [2.45, 2.75) is 37.6 Å². The molecule has 1 fully saturated rings. The van der Waals surface area contributed by atoms with E-state index in [2.05, 4.69) is 5.32 Å². The maximum absolute atomic E-state index is 12.2. The van der Waals surface area contributed by atoms with Crippen LogP contribution in [0.1, 0.15) is 27.2 Å². The minimum Gasteiger partial charge on any atom is -0.351 e. The molecule has 1 atom stereocenters. The number of rotatable bonds is 3. The molecule has 1 aliphatic rings. The zero-order chi connectivity index (χ0) is 15.6. The van der Waals surface area contributed by atoms with Gasteiger partial charge in [0.1, 0.15) is 0 Å². The van der Waals surface area contributed by atoms with Gasteiger partial charge in [-0.2, -0.15) is 0 Å². The minimum absolute atomic E-state index is 0.0160. The Bertz CT molecular complexity index is 551. The molecule has 0 saturated carbocycles. The van der Waals surface area contributed by atoms with Gasteiger partial charge in [-0.05, 0) is 45.2 Å². The van der Waals surface area contributed by atoms with E-state index in [9.17, 15) is 9.59 Å². The van der Waals surface area contributed by atoms with Crippen molar-refractivity contribution in [3.63, 3.8) is 0 Å². The number of benzene rings is 1. The van der Waals surface area contributed by atoms with Crippen LogP contribution in [0, 0.1) is 5.92 Å². The fourth-order valence-corrected chi connectivity index (χ4v) is 2.84. The average molecular weight is 306 g/mol. The van der Waals surface area contributed by atoms with E-state index in [0.29, 0.717) is 6.54 Å². The first kappa shape index (κ1) is 15.9. The molecule has 0 radical (unpaired) electrons. The molecular weight excluding hydrogens is 284 g/mol. The molecule has 1 saturated heterocycles. The third-order valence-corrected chi connectivity index (χ3v) is 4.08. The molecule has 2 rings (SSSR count). The van der Waals surface area contributed by atoms with Crippen LogP contribution in [-0.4, -0.2) is 30.2 Å². The molecule has 0 aliphatic carbocycles. The zero-order valence-corrected chi connectivity index (χ0v) is 13.8. The van der Waals surface area contributed by atoms with E-state index in [0.717, 1.165) is 10.6 Å². The second-order valence-electron chi connectivity index (χ2n) is 6.35. The molecular formula is C16H22N2O2S. The highest BCUT2D eigenvalue weighted by molar-refractivity contribution is 7.98. The fraction of sp³-hybridized carbons (Fsp3) is 0.500. The second kappa shape index (κ2) is 6.10. The summed E-state index contributed by atoms with van der Waals surface area (Å²) in [5, 5.41) is 2.95. The Morgan fingerprint density at radius 2 is 2.10 bits per heavy atom. The average Bonchev–Trinajstić information content (AvgIpc) is 2.79. The molecule has 5 heteroatoms. The van der Waals surface area contributed by atoms with Gasteiger partial charge >= 0.3 is 0 Å². The molecule has 0 spiro atoms. The summed E-state index contributed by atoms with van der Waals surface area (Å²) in [7, 11) is 0. The van der Waals surface area contributed by atoms with Gasteiger partial charge in [0, 0.05) is 29.1 Å². The van der Waals surface area contributed by atoms with E-state index in [1.54, 1.807) is 16.7 Å². The van der Waals surface area contributed by atoms with Crippen LogP contribution in [-0.2, 0) is 9.59 Å². The van der Waals surface area contributed by atoms with Gasteiger partial charge in [-0.1, -0.05) is 6.07 Å². The standard InChI is InChI=1S/C16H22N2O2S/c1-16(2,3)17-15(20)11-8-14(19)18(10-11)12-6-5-7-13(9-12)21-4/h5-7,9,11H,8,10H2,1-4H3,(H,17,20)/t11-/m0/s1. The fourth-order valence-electron chi connectivity index (χ4n) is 2.38. The first-order valence-electron chi connectivity index (χ1n) is 7.06. The second-order valence-corrected chi connectivity index (χ2v) is 7.23. The molecule has 21 heavy (non-hydrogen) atoms. The SMILES string of the molecule is CSc1cccc(N2C[C@@H](C(=O)NC(C)(C)C)CC2=O)c1. The van der Waals surface area contributed by atoms with E-state index in [-0.39, 0.29) is 29.7 Å². The summed E-state index contributed by atoms with van der Waals surface area (Å²) in [6.45, 7) is 6.29. The van der Waals surface area contributed by atoms with Gasteiger partial charge < -0.3 is 10.2 Å². The summed E-state index contributed by atoms with van der Waals surface area (Å²) in [5.74, 6) is -0.295. The molecule has 1 aromatic carbocycles. The molecule has 0 aromatic heterocycles. The third-order valence-electron chi connectivity index (χ3n) is 3.36. The summed E-state index contributed by atoms with van der Waals surface area (Å²) in [5.41, 5.74) is 0.602. The maximum Gasteiger partial charge on any atom is 0.227 e. The van der Waals surface area contributed by atoms with Crippen LogP contribution in [0.15, 0.2) is 29.2 Å². The Morgan fingerprint density at radius 1 is 1.38 bits per heavy atom. The van der Waals surface area contributed by atoms with E-state index >= 15 is 0 Å². The number of nitrogens with one attached hydrogen (secondary N) is 1. The highest BCUT2D eigenvalue weighted by Gasteiger charge is 2.36. The van der Waals surface area contributed by atoms with Crippen molar-refractivity contribution in [2.75, 3.05) is 17.7 Å². The zero-order valence-electron chi connectivity index (χ0n) is 13.0. The van der Waals surface area contributed by atoms with Crippen LogP contribution in [0.3, 0.4) is 0 Å². The normalized spacial score (nSPS) is 19.0. The molecule has 1 aromatic rings. The maximum atomic E-state index is 12.2. The van der Waals surface area contributed by atoms with Gasteiger partial charge in [0.05, 0.1) is 5.92 Å². The minimum atomic E-state index is -0.272. The summed E-state index contributed by atoms with van der Waals surface area (Å²) in [6.07, 6.45) is 2.29. The molecule has 4 nitrogen and oxygen atoms in total. The van der Waals surface area contributed by atoms with Crippen molar-refractivity contribution in [1.29, 1.82) is 0 Å². The van der Waals surface area contributed by atoms with Crippen LogP contribution in [0.5, 0.6) is 0 Å². The van der Waals surface area contributed by atoms with Gasteiger partial charge in [0.15, 0.2) is 0 Å². The summed E-state index contributed by atoms with van der Waals surface area (Å²) in [4.78, 5) is 27.2. The molecule has 0 bridgehead atoms. The van der Waals surface area contributed by atoms with Crippen molar-refractivity contribution in [3.05, 3.63) is 24.3 Å². The summed E-state index contributed by atoms with van der Waals surface area (Å²) >= 11 is 1.64. The molecule has 1 aliphatic heterocycles. The monoisotopic (exact) mass is 306 g/mol. The van der Waals surface area contributed by atoms with Crippen LogP contribution in [0.25, 0.3) is 0 Å². The van der Waals surface area contributed by atoms with E-state index in [1.165, 1.54) is 0 Å². The Labute approximate surface area is 130 Å². The molecule has 114 valence electrons. The van der Waals surface area contributed by atoms with Crippen molar-refractivity contribution in [1.82, 2.24) is 5.32 Å². The van der Waals surface area contributed by atoms with Crippen molar-refractivity contribution >= 4 is 29.3 Å². The Hall–Kier alpha value is -1.49. The first-order chi connectivity index (χ1) is 9.80. The Kier molecular flexibility index (Phi) is 4.61. The number of hydrogen-bond acceptors (Lipinski definition) is 3. The summed E-state index contributed by atoms with van der Waals surface area (Å²) < 4.78 is 0. The lowest BCUT2D eigenvalue weighted by atomic mass is 10.0. The largest absolute Gasteiger partial charge is 0.351 e. The lowest BCUT2D eigenvalue weighted by molar-refractivity contribution is -0.127. The number of anilines is 1. The van der Waals surface area contributed by atoms with Crippen LogP contribution in [0.4, 0.5) is 5.69 Å². The smallest absolute Gasteiger partial charge is 0.227 e. The molecule has 2 amide bonds. The van der Waals surface area contributed by atoms with Gasteiger partial charge in [0.25, 0.3) is 0 Å². The third kappa shape index (κ3) is 4.00. The van der Waals surface area contributed by atoms with Crippen LogP contribution < -0.4 is 10.2 Å². The van der Waals surface area contributed by atoms with Gasteiger partial charge in [0.2, 0.25) is 11.8 Å². The number of amides is 2. The highest BCUT2D eigenvalue weighted by Crippen LogP contribution is 2.28. The Morgan fingerprint density at radius 3 is 2.71 bits per heavy atom. The van der Waals surface area contributed by atoms with Crippen LogP contribution in [0.2, 0.25) is 0 Å². The predicted octanol–water partition coefficient (Wildman–Crippen LogP) is 2.68. The number of carbonyl (C=O) groups excluding carboxylic acids is 2. The number of nitrogens with zero attached hydrogens (tertiary/aromatic N) is 1. The summed E-state index contributed by atoms with van der Waals surface area (Å²) in [6, 6.07) is 7.86. The van der Waals surface area contributed by atoms with Gasteiger partial charge in [-0.25, -0.2) is 0 Å². The lowest BCUT2D eigenvalue weighted by Gasteiger charge is -2.23. The molecule has 1 N–H and O–H groups in total. The van der Waals surface area contributed by atoms with E-state index in [1.807, 2.05) is 51.3 Å². The topological polar surface area (TPSA) is 49.4 Å².